The minimum absolute atomic E-state index is 0.0522. The number of fused-ring (bicyclic) bond motifs is 3. The van der Waals surface area contributed by atoms with Crippen LogP contribution in [0.3, 0.4) is 0 Å². The number of aldehydes is 1. The largest absolute Gasteiger partial charge is 0.484 e. The highest BCUT2D eigenvalue weighted by atomic mass is 19.2. The fourth-order valence-corrected chi connectivity index (χ4v) is 5.36. The maximum absolute atomic E-state index is 15.0. The quantitative estimate of drug-likeness (QED) is 0.385. The van der Waals surface area contributed by atoms with Gasteiger partial charge in [0, 0.05) is 31.4 Å². The molecular weight excluding hydrogens is 466 g/mol. The van der Waals surface area contributed by atoms with Crippen molar-refractivity contribution < 1.29 is 18.3 Å². The van der Waals surface area contributed by atoms with Crippen molar-refractivity contribution in [3.8, 4) is 5.75 Å². The molecule has 2 aromatic heterocycles. The summed E-state index contributed by atoms with van der Waals surface area (Å²) in [5.41, 5.74) is 0.568. The first kappa shape index (κ1) is 22.6. The molecule has 0 amide bonds. The van der Waals surface area contributed by atoms with Crippen LogP contribution in [0, 0.1) is 11.6 Å². The third kappa shape index (κ3) is 3.90. The molecule has 2 atom stereocenters. The standard InChI is InChI=1S/C26H26F2N6O2/c1-26(8-2-9-26)36-20-6-4-18(22(27)23(20)28)31-25-24-19(29-15-30-25)5-7-21(32-24)34-14-16-12-17(34)13-33(16)10-3-11-35/h3-7,10-11,15-17H,2,8-9,12-14H2,1H3,(H,29,30,31)/b10-3+/t16-,17-/m0/s1. The zero-order valence-electron chi connectivity index (χ0n) is 19.8. The maximum Gasteiger partial charge on any atom is 0.202 e. The van der Waals surface area contributed by atoms with Gasteiger partial charge in [-0.05, 0) is 62.9 Å². The third-order valence-electron chi connectivity index (χ3n) is 7.47. The van der Waals surface area contributed by atoms with Crippen molar-refractivity contribution in [2.24, 2.45) is 0 Å². The molecule has 8 nitrogen and oxygen atoms in total. The number of allylic oxidation sites excluding steroid dienone is 1. The number of piperazine rings is 1. The Morgan fingerprint density at radius 1 is 1.11 bits per heavy atom. The Morgan fingerprint density at radius 3 is 2.69 bits per heavy atom. The summed E-state index contributed by atoms with van der Waals surface area (Å²) in [5, 5.41) is 2.90. The second-order valence-corrected chi connectivity index (χ2v) is 9.90. The van der Waals surface area contributed by atoms with Crippen molar-refractivity contribution in [1.82, 2.24) is 19.9 Å². The van der Waals surface area contributed by atoms with E-state index in [0.717, 1.165) is 50.9 Å². The predicted octanol–water partition coefficient (Wildman–Crippen LogP) is 4.34. The van der Waals surface area contributed by atoms with Crippen LogP contribution in [-0.2, 0) is 4.79 Å². The topological polar surface area (TPSA) is 83.5 Å². The fourth-order valence-electron chi connectivity index (χ4n) is 5.36. The molecule has 3 aliphatic rings. The molecular formula is C26H26F2N6O2. The normalized spacial score (nSPS) is 22.3. The van der Waals surface area contributed by atoms with Crippen LogP contribution in [0.4, 0.5) is 26.1 Å². The zero-order valence-corrected chi connectivity index (χ0v) is 19.8. The number of nitrogens with one attached hydrogen (secondary N) is 1. The Kier molecular flexibility index (Phi) is 5.46. The number of carbonyl (C=O) groups excluding carboxylic acids is 1. The summed E-state index contributed by atoms with van der Waals surface area (Å²) in [6.07, 6.45) is 9.15. The van der Waals surface area contributed by atoms with Crippen molar-refractivity contribution in [3.05, 3.63) is 54.5 Å². The van der Waals surface area contributed by atoms with Gasteiger partial charge in [-0.15, -0.1) is 0 Å². The van der Waals surface area contributed by atoms with Gasteiger partial charge in [0.05, 0.1) is 11.2 Å². The number of nitrogens with zero attached hydrogens (tertiary/aromatic N) is 5. The molecule has 10 heteroatoms. The number of aromatic nitrogens is 3. The van der Waals surface area contributed by atoms with Gasteiger partial charge in [0.15, 0.2) is 17.4 Å². The van der Waals surface area contributed by atoms with Crippen LogP contribution in [0.25, 0.3) is 11.0 Å². The molecule has 1 saturated carbocycles. The van der Waals surface area contributed by atoms with Gasteiger partial charge in [0.1, 0.15) is 29.5 Å². The Morgan fingerprint density at radius 2 is 1.97 bits per heavy atom. The summed E-state index contributed by atoms with van der Waals surface area (Å²) in [5.74, 6) is -1.08. The number of rotatable bonds is 7. The number of carbonyl (C=O) groups is 1. The first-order valence-electron chi connectivity index (χ1n) is 12.1. The lowest BCUT2D eigenvalue weighted by Crippen LogP contribution is -2.44. The highest BCUT2D eigenvalue weighted by molar-refractivity contribution is 5.88. The minimum Gasteiger partial charge on any atom is -0.484 e. The van der Waals surface area contributed by atoms with Crippen molar-refractivity contribution in [2.45, 2.75) is 50.3 Å². The second-order valence-electron chi connectivity index (χ2n) is 9.90. The minimum atomic E-state index is -1.03. The summed E-state index contributed by atoms with van der Waals surface area (Å²) in [4.78, 5) is 28.4. The number of anilines is 3. The van der Waals surface area contributed by atoms with Crippen LogP contribution in [-0.4, -0.2) is 56.9 Å². The van der Waals surface area contributed by atoms with Gasteiger partial charge >= 0.3 is 0 Å². The average molecular weight is 493 g/mol. The zero-order chi connectivity index (χ0) is 24.9. The SMILES string of the molecule is CC1(Oc2ccc(Nc3ncnc4ccc(N5C[C@@H]6C[C@H]5CN6/C=C/C=O)nc34)c(F)c2F)CCC1. The van der Waals surface area contributed by atoms with Gasteiger partial charge in [-0.1, -0.05) is 0 Å². The van der Waals surface area contributed by atoms with Gasteiger partial charge < -0.3 is 19.9 Å². The highest BCUT2D eigenvalue weighted by Gasteiger charge is 2.42. The van der Waals surface area contributed by atoms with Gasteiger partial charge in [-0.3, -0.25) is 4.79 Å². The van der Waals surface area contributed by atoms with E-state index < -0.39 is 17.2 Å². The molecule has 0 unspecified atom stereocenters. The second kappa shape index (κ2) is 8.69. The molecule has 1 aromatic carbocycles. The van der Waals surface area contributed by atoms with E-state index in [4.69, 9.17) is 9.72 Å². The Bertz CT molecular complexity index is 1360. The van der Waals surface area contributed by atoms with Gasteiger partial charge in [0.2, 0.25) is 5.82 Å². The third-order valence-corrected chi connectivity index (χ3v) is 7.47. The van der Waals surface area contributed by atoms with Crippen LogP contribution in [0.5, 0.6) is 5.75 Å². The van der Waals surface area contributed by atoms with Crippen LogP contribution >= 0.6 is 0 Å². The van der Waals surface area contributed by atoms with E-state index in [2.05, 4.69) is 25.1 Å². The number of hydrogen-bond acceptors (Lipinski definition) is 8. The van der Waals surface area contributed by atoms with Gasteiger partial charge in [-0.2, -0.15) is 4.39 Å². The smallest absolute Gasteiger partial charge is 0.202 e. The lowest BCUT2D eigenvalue weighted by molar-refractivity contribution is -0.104. The number of likely N-dealkylation sites (tertiary alicyclic amines) is 1. The van der Waals surface area contributed by atoms with Crippen LogP contribution < -0.4 is 15.0 Å². The molecule has 6 rings (SSSR count). The van der Waals surface area contributed by atoms with Gasteiger partial charge in [-0.25, -0.2) is 19.3 Å². The van der Waals surface area contributed by atoms with E-state index >= 15 is 0 Å². The summed E-state index contributed by atoms with van der Waals surface area (Å²) < 4.78 is 35.5. The molecule has 0 radical (unpaired) electrons. The number of ether oxygens (including phenoxy) is 1. The fraction of sp³-hybridized carbons (Fsp3) is 0.385. The van der Waals surface area contributed by atoms with E-state index in [1.165, 1.54) is 24.5 Å². The molecule has 3 aromatic rings. The molecule has 186 valence electrons. The molecule has 2 bridgehead atoms. The lowest BCUT2D eigenvalue weighted by atomic mass is 9.82. The molecule has 1 N–H and O–H groups in total. The number of pyridine rings is 1. The van der Waals surface area contributed by atoms with Crippen molar-refractivity contribution in [1.29, 1.82) is 0 Å². The maximum atomic E-state index is 15.0. The molecule has 36 heavy (non-hydrogen) atoms. The Hall–Kier alpha value is -3.82. The highest BCUT2D eigenvalue weighted by Crippen LogP contribution is 2.39. The van der Waals surface area contributed by atoms with Crippen molar-refractivity contribution >= 4 is 34.6 Å². The van der Waals surface area contributed by atoms with Crippen LogP contribution in [0.1, 0.15) is 32.6 Å². The number of benzene rings is 1. The Labute approximate surface area is 207 Å². The number of hydrogen-bond donors (Lipinski definition) is 1. The molecule has 3 fully saturated rings. The van der Waals surface area contributed by atoms with Crippen molar-refractivity contribution in [2.75, 3.05) is 23.3 Å². The summed E-state index contributed by atoms with van der Waals surface area (Å²) >= 11 is 0. The average Bonchev–Trinajstić information content (AvgIpc) is 3.47. The van der Waals surface area contributed by atoms with Crippen molar-refractivity contribution in [3.63, 3.8) is 0 Å². The van der Waals surface area contributed by atoms with Crippen LogP contribution in [0.15, 0.2) is 42.9 Å². The van der Waals surface area contributed by atoms with E-state index in [-0.39, 0.29) is 17.5 Å². The van der Waals surface area contributed by atoms with Crippen LogP contribution in [0.2, 0.25) is 0 Å². The van der Waals surface area contributed by atoms with E-state index in [1.54, 1.807) is 0 Å². The number of halogens is 2. The first-order valence-corrected chi connectivity index (χ1v) is 12.1. The predicted molar refractivity (Wildman–Crippen MR) is 131 cm³/mol. The first-order chi connectivity index (χ1) is 17.4. The molecule has 0 spiro atoms. The summed E-state index contributed by atoms with van der Waals surface area (Å²) in [6, 6.07) is 7.25. The van der Waals surface area contributed by atoms with E-state index in [1.807, 2.05) is 25.3 Å². The summed E-state index contributed by atoms with van der Waals surface area (Å²) in [6.45, 7) is 3.49. The molecule has 4 heterocycles. The monoisotopic (exact) mass is 492 g/mol. The van der Waals surface area contributed by atoms with Gasteiger partial charge in [0.25, 0.3) is 0 Å². The Balaban J connectivity index is 1.26. The molecule has 2 aliphatic heterocycles. The van der Waals surface area contributed by atoms with E-state index in [9.17, 15) is 13.6 Å². The van der Waals surface area contributed by atoms with E-state index in [0.29, 0.717) is 22.9 Å². The lowest BCUT2D eigenvalue weighted by Gasteiger charge is -2.38. The molecule has 1 aliphatic carbocycles. The molecule has 2 saturated heterocycles. The summed E-state index contributed by atoms with van der Waals surface area (Å²) in [7, 11) is 0.